The quantitative estimate of drug-likeness (QED) is 0.745. The molecule has 0 unspecified atom stereocenters. The third kappa shape index (κ3) is 5.93. The summed E-state index contributed by atoms with van der Waals surface area (Å²) in [7, 11) is 0. The van der Waals surface area contributed by atoms with E-state index in [-0.39, 0.29) is 24.7 Å². The lowest BCUT2D eigenvalue weighted by Gasteiger charge is -2.34. The van der Waals surface area contributed by atoms with Crippen molar-refractivity contribution in [1.82, 2.24) is 4.90 Å². The van der Waals surface area contributed by atoms with Crippen LogP contribution in [0.25, 0.3) is 0 Å². The first-order valence-electron chi connectivity index (χ1n) is 7.68. The SMILES string of the molecule is CC(C)C1CCN(C(=O)CCC(=O)OC(C)(C)C)CC1. The summed E-state index contributed by atoms with van der Waals surface area (Å²) in [5.41, 5.74) is -0.476. The van der Waals surface area contributed by atoms with E-state index >= 15 is 0 Å². The van der Waals surface area contributed by atoms with Gasteiger partial charge in [-0.1, -0.05) is 13.8 Å². The van der Waals surface area contributed by atoms with E-state index in [0.717, 1.165) is 31.8 Å². The number of nitrogens with zero attached hydrogens (tertiary/aromatic N) is 1. The first-order valence-corrected chi connectivity index (χ1v) is 7.68. The molecular weight excluding hydrogens is 254 g/mol. The molecule has 20 heavy (non-hydrogen) atoms. The molecule has 1 fully saturated rings. The van der Waals surface area contributed by atoms with Crippen molar-refractivity contribution in [3.05, 3.63) is 0 Å². The summed E-state index contributed by atoms with van der Waals surface area (Å²) in [6.45, 7) is 11.7. The van der Waals surface area contributed by atoms with Gasteiger partial charge in [0.1, 0.15) is 5.60 Å². The molecule has 0 bridgehead atoms. The first kappa shape index (κ1) is 17.0. The number of amides is 1. The van der Waals surface area contributed by atoms with E-state index in [9.17, 15) is 9.59 Å². The van der Waals surface area contributed by atoms with Crippen molar-refractivity contribution in [3.8, 4) is 0 Å². The van der Waals surface area contributed by atoms with Crippen LogP contribution in [0.2, 0.25) is 0 Å². The van der Waals surface area contributed by atoms with E-state index in [4.69, 9.17) is 4.74 Å². The summed E-state index contributed by atoms with van der Waals surface area (Å²) >= 11 is 0. The Bertz CT molecular complexity index is 336. The second kappa shape index (κ2) is 7.09. The van der Waals surface area contributed by atoms with Gasteiger partial charge in [0.25, 0.3) is 0 Å². The van der Waals surface area contributed by atoms with E-state index in [2.05, 4.69) is 13.8 Å². The number of esters is 1. The maximum atomic E-state index is 12.1. The summed E-state index contributed by atoms with van der Waals surface area (Å²) in [6, 6.07) is 0. The summed E-state index contributed by atoms with van der Waals surface area (Å²) in [4.78, 5) is 25.5. The van der Waals surface area contributed by atoms with Gasteiger partial charge in [-0.15, -0.1) is 0 Å². The molecule has 1 aliphatic heterocycles. The molecule has 116 valence electrons. The van der Waals surface area contributed by atoms with Crippen molar-refractivity contribution >= 4 is 11.9 Å². The van der Waals surface area contributed by atoms with E-state index in [1.807, 2.05) is 25.7 Å². The Morgan fingerprint density at radius 3 is 2.15 bits per heavy atom. The molecule has 1 aliphatic rings. The fourth-order valence-corrected chi connectivity index (χ4v) is 2.58. The second-order valence-electron chi connectivity index (χ2n) is 7.05. The largest absolute Gasteiger partial charge is 0.460 e. The highest BCUT2D eigenvalue weighted by molar-refractivity contribution is 5.81. The van der Waals surface area contributed by atoms with Crippen LogP contribution in [-0.4, -0.2) is 35.5 Å². The topological polar surface area (TPSA) is 46.6 Å². The zero-order valence-corrected chi connectivity index (χ0v) is 13.6. The van der Waals surface area contributed by atoms with Gasteiger partial charge in [-0.25, -0.2) is 0 Å². The highest BCUT2D eigenvalue weighted by atomic mass is 16.6. The lowest BCUT2D eigenvalue weighted by atomic mass is 9.86. The van der Waals surface area contributed by atoms with Gasteiger partial charge in [0.05, 0.1) is 6.42 Å². The Morgan fingerprint density at radius 1 is 1.15 bits per heavy atom. The van der Waals surface area contributed by atoms with Crippen LogP contribution in [0.15, 0.2) is 0 Å². The number of carbonyl (C=O) groups excluding carboxylic acids is 2. The minimum atomic E-state index is -0.476. The van der Waals surface area contributed by atoms with Crippen LogP contribution < -0.4 is 0 Å². The number of ether oxygens (including phenoxy) is 1. The lowest BCUT2D eigenvalue weighted by Crippen LogP contribution is -2.39. The molecule has 1 amide bonds. The van der Waals surface area contributed by atoms with Gasteiger partial charge in [-0.2, -0.15) is 0 Å². The smallest absolute Gasteiger partial charge is 0.306 e. The zero-order valence-electron chi connectivity index (χ0n) is 13.6. The van der Waals surface area contributed by atoms with E-state index in [1.165, 1.54) is 0 Å². The number of rotatable bonds is 4. The molecular formula is C16H29NO3. The average Bonchev–Trinajstić information content (AvgIpc) is 2.34. The predicted molar refractivity (Wildman–Crippen MR) is 79.2 cm³/mol. The molecule has 0 aromatic rings. The normalized spacial score (nSPS) is 17.4. The Balaban J connectivity index is 2.29. The molecule has 0 aromatic carbocycles. The zero-order chi connectivity index (χ0) is 15.3. The first-order chi connectivity index (χ1) is 9.19. The van der Waals surface area contributed by atoms with Crippen molar-refractivity contribution in [1.29, 1.82) is 0 Å². The predicted octanol–water partition coefficient (Wildman–Crippen LogP) is 3.00. The molecule has 0 saturated carbocycles. The van der Waals surface area contributed by atoms with Crippen LogP contribution in [-0.2, 0) is 14.3 Å². The van der Waals surface area contributed by atoms with Gasteiger partial charge < -0.3 is 9.64 Å². The van der Waals surface area contributed by atoms with Crippen LogP contribution in [0.3, 0.4) is 0 Å². The van der Waals surface area contributed by atoms with Gasteiger partial charge >= 0.3 is 5.97 Å². The molecule has 0 N–H and O–H groups in total. The molecule has 1 rings (SSSR count). The molecule has 1 heterocycles. The van der Waals surface area contributed by atoms with Gasteiger partial charge in [0, 0.05) is 19.5 Å². The summed E-state index contributed by atoms with van der Waals surface area (Å²) in [5, 5.41) is 0. The van der Waals surface area contributed by atoms with Gasteiger partial charge in [-0.05, 0) is 45.4 Å². The van der Waals surface area contributed by atoms with Crippen LogP contribution in [0.5, 0.6) is 0 Å². The van der Waals surface area contributed by atoms with Crippen LogP contribution >= 0.6 is 0 Å². The molecule has 4 nitrogen and oxygen atoms in total. The molecule has 0 aliphatic carbocycles. The van der Waals surface area contributed by atoms with Crippen molar-refractivity contribution in [2.24, 2.45) is 11.8 Å². The van der Waals surface area contributed by atoms with E-state index in [1.54, 1.807) is 0 Å². The number of piperidine rings is 1. The van der Waals surface area contributed by atoms with Gasteiger partial charge in [0.15, 0.2) is 0 Å². The highest BCUT2D eigenvalue weighted by Crippen LogP contribution is 2.24. The molecule has 0 spiro atoms. The standard InChI is InChI=1S/C16H29NO3/c1-12(2)13-8-10-17(11-9-13)14(18)6-7-15(19)20-16(3,4)5/h12-13H,6-11H2,1-5H3. The average molecular weight is 283 g/mol. The number of likely N-dealkylation sites (tertiary alicyclic amines) is 1. The minimum absolute atomic E-state index is 0.0815. The van der Waals surface area contributed by atoms with E-state index in [0.29, 0.717) is 5.92 Å². The van der Waals surface area contributed by atoms with Crippen molar-refractivity contribution in [3.63, 3.8) is 0 Å². The Hall–Kier alpha value is -1.06. The van der Waals surface area contributed by atoms with Crippen molar-refractivity contribution < 1.29 is 14.3 Å². The van der Waals surface area contributed by atoms with Crippen molar-refractivity contribution in [2.75, 3.05) is 13.1 Å². The number of hydrogen-bond acceptors (Lipinski definition) is 3. The van der Waals surface area contributed by atoms with Crippen LogP contribution in [0, 0.1) is 11.8 Å². The molecule has 4 heteroatoms. The van der Waals surface area contributed by atoms with Gasteiger partial charge in [-0.3, -0.25) is 9.59 Å². The second-order valence-corrected chi connectivity index (χ2v) is 7.05. The molecule has 1 saturated heterocycles. The fraction of sp³-hybridized carbons (Fsp3) is 0.875. The van der Waals surface area contributed by atoms with Crippen LogP contribution in [0.1, 0.15) is 60.3 Å². The molecule has 0 aromatic heterocycles. The third-order valence-electron chi connectivity index (χ3n) is 3.80. The Kier molecular flexibility index (Phi) is 6.03. The summed E-state index contributed by atoms with van der Waals surface area (Å²) < 4.78 is 5.21. The summed E-state index contributed by atoms with van der Waals surface area (Å²) in [6.07, 6.45) is 2.60. The fourth-order valence-electron chi connectivity index (χ4n) is 2.58. The summed E-state index contributed by atoms with van der Waals surface area (Å²) in [5.74, 6) is 1.21. The highest BCUT2D eigenvalue weighted by Gasteiger charge is 2.25. The maximum Gasteiger partial charge on any atom is 0.306 e. The Labute approximate surface area is 122 Å². The van der Waals surface area contributed by atoms with E-state index < -0.39 is 5.60 Å². The third-order valence-corrected chi connectivity index (χ3v) is 3.80. The number of hydrogen-bond donors (Lipinski definition) is 0. The Morgan fingerprint density at radius 2 is 1.70 bits per heavy atom. The molecule has 0 atom stereocenters. The van der Waals surface area contributed by atoms with Crippen molar-refractivity contribution in [2.45, 2.75) is 65.9 Å². The minimum Gasteiger partial charge on any atom is -0.460 e. The monoisotopic (exact) mass is 283 g/mol. The maximum absolute atomic E-state index is 12.1. The molecule has 0 radical (unpaired) electrons. The lowest BCUT2D eigenvalue weighted by molar-refractivity contribution is -0.156. The van der Waals surface area contributed by atoms with Crippen LogP contribution in [0.4, 0.5) is 0 Å². The van der Waals surface area contributed by atoms with Gasteiger partial charge in [0.2, 0.25) is 5.91 Å². The number of carbonyl (C=O) groups is 2.